The molecule has 8 aliphatic carbocycles. The van der Waals surface area contributed by atoms with Gasteiger partial charge in [-0.15, -0.1) is 0 Å². The molecule has 8 saturated carbocycles. The van der Waals surface area contributed by atoms with E-state index in [0.29, 0.717) is 35.2 Å². The normalized spacial score (nSPS) is 87.0. The van der Waals surface area contributed by atoms with Crippen molar-refractivity contribution in [3.8, 4) is 0 Å². The third-order valence-electron chi connectivity index (χ3n) is 12.4. The first-order valence-corrected chi connectivity index (χ1v) is 11.2. The summed E-state index contributed by atoms with van der Waals surface area (Å²) in [6.07, 6.45) is 11.5. The van der Waals surface area contributed by atoms with Gasteiger partial charge in [0.2, 0.25) is 0 Å². The highest BCUT2D eigenvalue weighted by Gasteiger charge is 2.94. The summed E-state index contributed by atoms with van der Waals surface area (Å²) in [7, 11) is 0. The molecule has 24 heavy (non-hydrogen) atoms. The molecule has 16 atom stereocenters. The molecule has 126 valence electrons. The Labute approximate surface area is 143 Å². The Morgan fingerprint density at radius 1 is 0.542 bits per heavy atom. The maximum Gasteiger partial charge on any atom is 0.0648 e. The average molecular weight is 322 g/mol. The molecule has 2 nitrogen and oxygen atoms in total. The number of hydrogen-bond donors (Lipinski definition) is 0. The van der Waals surface area contributed by atoms with Crippen LogP contribution in [0.1, 0.15) is 38.5 Å². The zero-order chi connectivity index (χ0) is 14.7. The molecule has 2 spiro atoms. The van der Waals surface area contributed by atoms with Gasteiger partial charge in [-0.25, -0.2) is 0 Å². The van der Waals surface area contributed by atoms with Gasteiger partial charge in [0.1, 0.15) is 0 Å². The quantitative estimate of drug-likeness (QED) is 0.682. The maximum atomic E-state index is 6.80. The van der Waals surface area contributed by atoms with Crippen LogP contribution >= 0.6 is 0 Å². The van der Waals surface area contributed by atoms with Crippen molar-refractivity contribution in [1.29, 1.82) is 0 Å². The van der Waals surface area contributed by atoms with Crippen LogP contribution in [0, 0.1) is 70.0 Å². The van der Waals surface area contributed by atoms with Crippen molar-refractivity contribution in [2.45, 2.75) is 62.9 Å². The minimum Gasteiger partial charge on any atom is -0.374 e. The predicted octanol–water partition coefficient (Wildman–Crippen LogP) is 3.11. The van der Waals surface area contributed by atoms with E-state index in [0.717, 1.165) is 59.2 Å². The molecular formula is C22H26O2. The fourth-order valence-corrected chi connectivity index (χ4v) is 12.8. The predicted molar refractivity (Wildman–Crippen MR) is 84.8 cm³/mol. The molecule has 0 unspecified atom stereocenters. The van der Waals surface area contributed by atoms with Gasteiger partial charge in [-0.05, 0) is 97.7 Å². The Morgan fingerprint density at radius 3 is 1.54 bits per heavy atom. The van der Waals surface area contributed by atoms with E-state index >= 15 is 0 Å². The highest BCUT2D eigenvalue weighted by molar-refractivity contribution is 5.40. The Morgan fingerprint density at radius 2 is 1.04 bits per heavy atom. The summed E-state index contributed by atoms with van der Waals surface area (Å²) in [6, 6.07) is 0. The lowest BCUT2D eigenvalue weighted by Gasteiger charge is -2.42. The molecule has 2 heteroatoms. The van der Waals surface area contributed by atoms with Crippen LogP contribution in [0.5, 0.6) is 0 Å². The van der Waals surface area contributed by atoms with Crippen molar-refractivity contribution < 1.29 is 9.47 Å². The fourth-order valence-electron chi connectivity index (χ4n) is 12.8. The van der Waals surface area contributed by atoms with Crippen molar-refractivity contribution in [3.05, 3.63) is 0 Å². The highest BCUT2D eigenvalue weighted by atomic mass is 16.5. The van der Waals surface area contributed by atoms with E-state index in [-0.39, 0.29) is 0 Å². The van der Waals surface area contributed by atoms with Crippen LogP contribution in [-0.4, -0.2) is 24.4 Å². The summed E-state index contributed by atoms with van der Waals surface area (Å²) in [4.78, 5) is 0. The summed E-state index contributed by atoms with van der Waals surface area (Å²) < 4.78 is 13.6. The van der Waals surface area contributed by atoms with Gasteiger partial charge in [0, 0.05) is 10.8 Å². The van der Waals surface area contributed by atoms with Gasteiger partial charge in [0.15, 0.2) is 0 Å². The minimum absolute atomic E-state index is 0.675. The van der Waals surface area contributed by atoms with Crippen LogP contribution in [0.15, 0.2) is 0 Å². The summed E-state index contributed by atoms with van der Waals surface area (Å²) in [5.74, 6) is 10.7. The molecule has 0 bridgehead atoms. The first kappa shape index (κ1) is 11.6. The second-order valence-corrected chi connectivity index (χ2v) is 11.9. The summed E-state index contributed by atoms with van der Waals surface area (Å²) in [5, 5.41) is 0. The zero-order valence-corrected chi connectivity index (χ0v) is 14.1. The first-order valence-electron chi connectivity index (χ1n) is 11.2. The maximum absolute atomic E-state index is 6.80. The zero-order valence-electron chi connectivity index (χ0n) is 14.1. The van der Waals surface area contributed by atoms with Crippen molar-refractivity contribution in [2.24, 2.45) is 70.0 Å². The van der Waals surface area contributed by atoms with Gasteiger partial charge in [-0.2, -0.15) is 0 Å². The highest BCUT2D eigenvalue weighted by Crippen LogP contribution is 2.94. The van der Waals surface area contributed by atoms with Crippen LogP contribution in [0.25, 0.3) is 0 Å². The molecule has 0 aromatic heterocycles. The third kappa shape index (κ3) is 0.766. The monoisotopic (exact) mass is 322 g/mol. The summed E-state index contributed by atoms with van der Waals surface area (Å²) in [6.45, 7) is 0. The minimum atomic E-state index is 0.675. The molecule has 0 aromatic rings. The molecule has 0 radical (unpaired) electrons. The fraction of sp³-hybridized carbons (Fsp3) is 1.00. The van der Waals surface area contributed by atoms with E-state index in [1.165, 1.54) is 38.5 Å². The molecule has 2 aliphatic heterocycles. The van der Waals surface area contributed by atoms with Crippen LogP contribution in [-0.2, 0) is 9.47 Å². The Kier molecular flexibility index (Phi) is 1.39. The molecular weight excluding hydrogens is 296 g/mol. The molecule has 0 N–H and O–H groups in total. The summed E-state index contributed by atoms with van der Waals surface area (Å²) in [5.41, 5.74) is 1.38. The molecule has 2 heterocycles. The third-order valence-corrected chi connectivity index (χ3v) is 12.4. The van der Waals surface area contributed by atoms with Gasteiger partial charge in [-0.1, -0.05) is 0 Å². The van der Waals surface area contributed by atoms with E-state index in [1.807, 2.05) is 0 Å². The molecule has 10 aliphatic rings. The topological polar surface area (TPSA) is 18.5 Å². The lowest BCUT2D eigenvalue weighted by molar-refractivity contribution is -0.100. The molecule has 0 aromatic carbocycles. The van der Waals surface area contributed by atoms with Gasteiger partial charge in [-0.3, -0.25) is 0 Å². The second kappa shape index (κ2) is 2.87. The summed E-state index contributed by atoms with van der Waals surface area (Å²) >= 11 is 0. The first-order chi connectivity index (χ1) is 11.9. The van der Waals surface area contributed by atoms with Gasteiger partial charge < -0.3 is 9.47 Å². The van der Waals surface area contributed by atoms with Crippen molar-refractivity contribution in [1.82, 2.24) is 0 Å². The number of fused-ring (bicyclic) bond motifs is 2. The van der Waals surface area contributed by atoms with Crippen LogP contribution in [0.4, 0.5) is 0 Å². The number of rotatable bonds is 0. The van der Waals surface area contributed by atoms with E-state index < -0.39 is 0 Å². The lowest BCUT2D eigenvalue weighted by Crippen LogP contribution is -2.43. The van der Waals surface area contributed by atoms with E-state index in [4.69, 9.17) is 9.47 Å². The van der Waals surface area contributed by atoms with Gasteiger partial charge in [0.05, 0.1) is 24.4 Å². The number of hydrogen-bond acceptors (Lipinski definition) is 2. The van der Waals surface area contributed by atoms with Gasteiger partial charge in [0.25, 0.3) is 0 Å². The average Bonchev–Trinajstić information content (AvgIpc) is 3.01. The van der Waals surface area contributed by atoms with E-state index in [1.54, 1.807) is 0 Å². The second-order valence-electron chi connectivity index (χ2n) is 11.9. The van der Waals surface area contributed by atoms with Crippen molar-refractivity contribution in [2.75, 3.05) is 0 Å². The lowest BCUT2D eigenvalue weighted by atomic mass is 9.68. The van der Waals surface area contributed by atoms with Crippen molar-refractivity contribution >= 4 is 0 Å². The Bertz CT molecular complexity index is 686. The SMILES string of the molecule is C1C[C@@H]2O[C@@H]3C[C@@]34[C@@H]3[C@H]5[C@@H]6[C@@H]7[C@@H]8[C@@H](CC[C@H]8O[C@@H]8C[C@@]78[C@@H]5[C@H]1[C@H]32)[C@@H]64. The Hall–Kier alpha value is -0.0800. The molecule has 10 rings (SSSR count). The van der Waals surface area contributed by atoms with Gasteiger partial charge >= 0.3 is 0 Å². The van der Waals surface area contributed by atoms with Crippen LogP contribution in [0.3, 0.4) is 0 Å². The Balaban J connectivity index is 1.32. The van der Waals surface area contributed by atoms with E-state index in [9.17, 15) is 0 Å². The largest absolute Gasteiger partial charge is 0.374 e. The molecule has 2 saturated heterocycles. The standard InChI is InChI=1S/C22H26O2/c1-3-9-13-7(1)17-15-16-18(22(19(13)15)6-12(22)23-9)8-2-4-10-14(8)20(16)21(17)5-11(21)24-10/h7-20H,1-6H2/t7-,8-,9-,10+,11-,12-,13-,14+,15+,16+,17+,18-,19+,20+,21-,22-/m1/s1. The van der Waals surface area contributed by atoms with Crippen molar-refractivity contribution in [3.63, 3.8) is 0 Å². The smallest absolute Gasteiger partial charge is 0.0648 e. The van der Waals surface area contributed by atoms with Crippen LogP contribution < -0.4 is 0 Å². The number of ether oxygens (including phenoxy) is 2. The molecule has 10 fully saturated rings. The van der Waals surface area contributed by atoms with E-state index in [2.05, 4.69) is 0 Å². The van der Waals surface area contributed by atoms with Crippen LogP contribution in [0.2, 0.25) is 0 Å². The molecule has 0 amide bonds.